The van der Waals surface area contributed by atoms with Gasteiger partial charge in [-0.1, -0.05) is 24.3 Å². The fourth-order valence-corrected chi connectivity index (χ4v) is 1.88. The van der Waals surface area contributed by atoms with Crippen molar-refractivity contribution in [3.63, 3.8) is 0 Å². The SMILES string of the molecule is O=C(O)CCC(O)c1ccc(C2=CC=NC2)cc1. The van der Waals surface area contributed by atoms with E-state index in [4.69, 9.17) is 5.11 Å². The monoisotopic (exact) mass is 245 g/mol. The lowest BCUT2D eigenvalue weighted by Crippen LogP contribution is -2.02. The Kier molecular flexibility index (Phi) is 3.89. The van der Waals surface area contributed by atoms with E-state index in [-0.39, 0.29) is 12.8 Å². The molecule has 2 rings (SSSR count). The van der Waals surface area contributed by atoms with E-state index in [1.54, 1.807) is 6.21 Å². The Labute approximate surface area is 105 Å². The van der Waals surface area contributed by atoms with Crippen molar-refractivity contribution >= 4 is 17.8 Å². The third-order valence-corrected chi connectivity index (χ3v) is 2.94. The maximum absolute atomic E-state index is 10.4. The molecule has 0 bridgehead atoms. The van der Waals surface area contributed by atoms with Crippen molar-refractivity contribution in [1.82, 2.24) is 0 Å². The van der Waals surface area contributed by atoms with Crippen molar-refractivity contribution in [1.29, 1.82) is 0 Å². The van der Waals surface area contributed by atoms with Crippen LogP contribution in [0.3, 0.4) is 0 Å². The highest BCUT2D eigenvalue weighted by Crippen LogP contribution is 2.22. The average Bonchev–Trinajstić information content (AvgIpc) is 2.90. The first-order valence-corrected chi connectivity index (χ1v) is 5.86. The zero-order valence-electron chi connectivity index (χ0n) is 9.91. The molecule has 0 fully saturated rings. The van der Waals surface area contributed by atoms with Gasteiger partial charge in [0.2, 0.25) is 0 Å². The van der Waals surface area contributed by atoms with Crippen molar-refractivity contribution in [3.05, 3.63) is 41.5 Å². The maximum Gasteiger partial charge on any atom is 0.303 e. The van der Waals surface area contributed by atoms with Crippen LogP contribution in [0.25, 0.3) is 5.57 Å². The molecule has 0 amide bonds. The molecule has 1 heterocycles. The zero-order chi connectivity index (χ0) is 13.0. The molecule has 1 aliphatic rings. The van der Waals surface area contributed by atoms with E-state index in [1.165, 1.54) is 0 Å². The third kappa shape index (κ3) is 3.05. The second-order valence-electron chi connectivity index (χ2n) is 4.25. The normalized spacial score (nSPS) is 15.5. The van der Waals surface area contributed by atoms with E-state index < -0.39 is 12.1 Å². The highest BCUT2D eigenvalue weighted by atomic mass is 16.4. The van der Waals surface area contributed by atoms with Crippen molar-refractivity contribution < 1.29 is 15.0 Å². The number of rotatable bonds is 5. The summed E-state index contributed by atoms with van der Waals surface area (Å²) in [5.74, 6) is -0.890. The van der Waals surface area contributed by atoms with Crippen LogP contribution in [0.4, 0.5) is 0 Å². The van der Waals surface area contributed by atoms with E-state index in [9.17, 15) is 9.90 Å². The minimum absolute atomic E-state index is 0.0259. The first-order chi connectivity index (χ1) is 8.66. The van der Waals surface area contributed by atoms with Crippen molar-refractivity contribution in [2.24, 2.45) is 4.99 Å². The van der Waals surface area contributed by atoms with E-state index in [0.29, 0.717) is 6.54 Å². The molecule has 94 valence electrons. The Morgan fingerprint density at radius 3 is 2.61 bits per heavy atom. The Hall–Kier alpha value is -1.94. The molecule has 1 aromatic carbocycles. The van der Waals surface area contributed by atoms with Crippen molar-refractivity contribution in [2.75, 3.05) is 6.54 Å². The highest BCUT2D eigenvalue weighted by molar-refractivity contribution is 5.89. The number of allylic oxidation sites excluding steroid dienone is 1. The molecule has 4 nitrogen and oxygen atoms in total. The molecule has 1 atom stereocenters. The summed E-state index contributed by atoms with van der Waals surface area (Å²) in [6.07, 6.45) is 3.24. The summed E-state index contributed by atoms with van der Waals surface area (Å²) in [5, 5.41) is 18.4. The van der Waals surface area contributed by atoms with Gasteiger partial charge in [-0.25, -0.2) is 0 Å². The van der Waals surface area contributed by atoms with Gasteiger partial charge in [0.05, 0.1) is 12.6 Å². The number of hydrogen-bond acceptors (Lipinski definition) is 3. The van der Waals surface area contributed by atoms with Gasteiger partial charge in [-0.05, 0) is 29.2 Å². The second kappa shape index (κ2) is 5.60. The fraction of sp³-hybridized carbons (Fsp3) is 0.286. The van der Waals surface area contributed by atoms with Crippen LogP contribution in [0.1, 0.15) is 30.1 Å². The van der Waals surface area contributed by atoms with Gasteiger partial charge in [0.25, 0.3) is 0 Å². The second-order valence-corrected chi connectivity index (χ2v) is 4.25. The standard InChI is InChI=1S/C14H15NO3/c16-13(5-6-14(17)18)11-3-1-10(2-4-11)12-7-8-15-9-12/h1-4,7-8,13,16H,5-6,9H2,(H,17,18). The molecule has 1 unspecified atom stereocenters. The summed E-state index contributed by atoms with van der Waals surface area (Å²) >= 11 is 0. The predicted molar refractivity (Wildman–Crippen MR) is 69.6 cm³/mol. The number of aliphatic carboxylic acids is 1. The first-order valence-electron chi connectivity index (χ1n) is 5.86. The lowest BCUT2D eigenvalue weighted by atomic mass is 10.0. The van der Waals surface area contributed by atoms with E-state index in [2.05, 4.69) is 4.99 Å². The number of carbonyl (C=O) groups is 1. The highest BCUT2D eigenvalue weighted by Gasteiger charge is 2.10. The molecule has 0 saturated carbocycles. The molecule has 0 aliphatic carbocycles. The van der Waals surface area contributed by atoms with E-state index in [0.717, 1.165) is 16.7 Å². The van der Waals surface area contributed by atoms with Gasteiger partial charge in [0, 0.05) is 12.6 Å². The Balaban J connectivity index is 2.00. The smallest absolute Gasteiger partial charge is 0.303 e. The summed E-state index contributed by atoms with van der Waals surface area (Å²) in [6, 6.07) is 7.53. The van der Waals surface area contributed by atoms with Gasteiger partial charge < -0.3 is 10.2 Å². The van der Waals surface area contributed by atoms with Crippen LogP contribution in [0.5, 0.6) is 0 Å². The molecule has 0 aromatic heterocycles. The number of hydrogen-bond donors (Lipinski definition) is 2. The van der Waals surface area contributed by atoms with E-state index in [1.807, 2.05) is 30.3 Å². The van der Waals surface area contributed by atoms with Crippen LogP contribution in [0, 0.1) is 0 Å². The Morgan fingerprint density at radius 1 is 1.33 bits per heavy atom. The molecule has 2 N–H and O–H groups in total. The molecule has 0 spiro atoms. The molecule has 0 saturated heterocycles. The minimum atomic E-state index is -0.890. The van der Waals surface area contributed by atoms with Gasteiger partial charge in [0.15, 0.2) is 0 Å². The number of nitrogens with zero attached hydrogens (tertiary/aromatic N) is 1. The van der Waals surface area contributed by atoms with Crippen molar-refractivity contribution in [2.45, 2.75) is 18.9 Å². The van der Waals surface area contributed by atoms with Gasteiger partial charge in [-0.2, -0.15) is 0 Å². The van der Waals surface area contributed by atoms with Crippen LogP contribution < -0.4 is 0 Å². The number of carboxylic acid groups (broad SMARTS) is 1. The van der Waals surface area contributed by atoms with Crippen molar-refractivity contribution in [3.8, 4) is 0 Å². The van der Waals surface area contributed by atoms with Crippen LogP contribution in [-0.4, -0.2) is 28.9 Å². The number of carboxylic acids is 1. The minimum Gasteiger partial charge on any atom is -0.481 e. The predicted octanol–water partition coefficient (Wildman–Crippen LogP) is 2.05. The largest absolute Gasteiger partial charge is 0.481 e. The summed E-state index contributed by atoms with van der Waals surface area (Å²) in [4.78, 5) is 14.5. The quantitative estimate of drug-likeness (QED) is 0.834. The summed E-state index contributed by atoms with van der Waals surface area (Å²) < 4.78 is 0. The third-order valence-electron chi connectivity index (χ3n) is 2.94. The lowest BCUT2D eigenvalue weighted by Gasteiger charge is -2.10. The van der Waals surface area contributed by atoms with Gasteiger partial charge in [0.1, 0.15) is 0 Å². The average molecular weight is 245 g/mol. The number of aliphatic hydroxyl groups excluding tert-OH is 1. The maximum atomic E-state index is 10.4. The summed E-state index contributed by atoms with van der Waals surface area (Å²) in [7, 11) is 0. The molecule has 4 heteroatoms. The van der Waals surface area contributed by atoms with Gasteiger partial charge >= 0.3 is 5.97 Å². The molecular formula is C14H15NO3. The van der Waals surface area contributed by atoms with Gasteiger partial charge in [-0.3, -0.25) is 9.79 Å². The van der Waals surface area contributed by atoms with E-state index >= 15 is 0 Å². The molecular weight excluding hydrogens is 230 g/mol. The Bertz CT molecular complexity index is 488. The Morgan fingerprint density at radius 2 is 2.06 bits per heavy atom. The lowest BCUT2D eigenvalue weighted by molar-refractivity contribution is -0.137. The molecule has 18 heavy (non-hydrogen) atoms. The number of aliphatic hydroxyl groups is 1. The van der Waals surface area contributed by atoms with Gasteiger partial charge in [-0.15, -0.1) is 0 Å². The zero-order valence-corrected chi connectivity index (χ0v) is 9.91. The van der Waals surface area contributed by atoms with Crippen LogP contribution in [0.2, 0.25) is 0 Å². The number of aliphatic imine (C=N–C) groups is 1. The summed E-state index contributed by atoms with van der Waals surface area (Å²) in [5.41, 5.74) is 2.99. The molecule has 0 radical (unpaired) electrons. The van der Waals surface area contributed by atoms with Crippen LogP contribution in [-0.2, 0) is 4.79 Å². The first kappa shape index (κ1) is 12.5. The van der Waals surface area contributed by atoms with Crippen LogP contribution in [0.15, 0.2) is 35.3 Å². The fourth-order valence-electron chi connectivity index (χ4n) is 1.88. The summed E-state index contributed by atoms with van der Waals surface area (Å²) in [6.45, 7) is 0.695. The topological polar surface area (TPSA) is 69.9 Å². The molecule has 1 aromatic rings. The van der Waals surface area contributed by atoms with Crippen LogP contribution >= 0.6 is 0 Å². The molecule has 1 aliphatic heterocycles. The number of benzene rings is 1.